The molecule has 4 rings (SSSR count). The molecule has 3 heterocycles. The molecule has 0 amide bonds. The van der Waals surface area contributed by atoms with Crippen LogP contribution in [0.5, 0.6) is 5.88 Å². The van der Waals surface area contributed by atoms with Crippen molar-refractivity contribution in [1.82, 2.24) is 19.5 Å². The van der Waals surface area contributed by atoms with Crippen molar-refractivity contribution in [3.8, 4) is 5.88 Å². The lowest BCUT2D eigenvalue weighted by atomic mass is 10.1. The van der Waals surface area contributed by atoms with E-state index in [1.165, 1.54) is 0 Å². The summed E-state index contributed by atoms with van der Waals surface area (Å²) in [6.07, 6.45) is 0.830. The number of aromatic nitrogens is 4. The van der Waals surface area contributed by atoms with Crippen molar-refractivity contribution in [1.29, 1.82) is 0 Å². The molecule has 1 fully saturated rings. The van der Waals surface area contributed by atoms with Gasteiger partial charge in [0.15, 0.2) is 11.2 Å². The van der Waals surface area contributed by atoms with Crippen LogP contribution in [-0.4, -0.2) is 43.4 Å². The van der Waals surface area contributed by atoms with Gasteiger partial charge in [-0.15, -0.1) is 0 Å². The lowest BCUT2D eigenvalue weighted by Crippen LogP contribution is -2.22. The van der Waals surface area contributed by atoms with Gasteiger partial charge in [0.05, 0.1) is 25.1 Å². The molecule has 28 heavy (non-hydrogen) atoms. The molecule has 3 atom stereocenters. The van der Waals surface area contributed by atoms with Crippen LogP contribution >= 0.6 is 0 Å². The monoisotopic (exact) mass is 382 g/mol. The molecule has 1 aromatic carbocycles. The third kappa shape index (κ3) is 3.41. The largest absolute Gasteiger partial charge is 0.471 e. The first kappa shape index (κ1) is 18.0. The molecule has 3 aromatic rings. The topological polar surface area (TPSA) is 157 Å². The van der Waals surface area contributed by atoms with Gasteiger partial charge in [-0.3, -0.25) is 4.57 Å². The fourth-order valence-corrected chi connectivity index (χ4v) is 3.18. The van der Waals surface area contributed by atoms with E-state index in [0.29, 0.717) is 24.2 Å². The van der Waals surface area contributed by atoms with E-state index < -0.39 is 18.4 Å². The zero-order valence-corrected chi connectivity index (χ0v) is 14.8. The first-order chi connectivity index (χ1) is 13.7. The van der Waals surface area contributed by atoms with Gasteiger partial charge >= 0.3 is 0 Å². The number of hydrogen-bond acceptors (Lipinski definition) is 8. The lowest BCUT2D eigenvalue weighted by Gasteiger charge is -2.14. The number of fused-ring (bicyclic) bond motifs is 1. The number of nitrogen functional groups attached to an aromatic ring is 1. The molecule has 0 saturated carbocycles. The van der Waals surface area contributed by atoms with Crippen LogP contribution in [-0.2, 0) is 11.3 Å². The number of nitrogens with zero attached hydrogens (tertiary/aromatic N) is 7. The van der Waals surface area contributed by atoms with Gasteiger partial charge < -0.3 is 20.3 Å². The maximum Gasteiger partial charge on any atom is 0.247 e. The Bertz CT molecular complexity index is 1020. The Morgan fingerprint density at radius 1 is 1.36 bits per heavy atom. The van der Waals surface area contributed by atoms with Crippen molar-refractivity contribution in [3.63, 3.8) is 0 Å². The minimum atomic E-state index is -0.591. The highest BCUT2D eigenvalue weighted by Crippen LogP contribution is 2.34. The van der Waals surface area contributed by atoms with E-state index in [4.69, 9.17) is 20.7 Å². The Morgan fingerprint density at radius 2 is 2.18 bits per heavy atom. The van der Waals surface area contributed by atoms with Crippen molar-refractivity contribution >= 4 is 17.1 Å². The Kier molecular flexibility index (Phi) is 4.94. The average molecular weight is 382 g/mol. The highest BCUT2D eigenvalue weighted by Gasteiger charge is 2.36. The zero-order chi connectivity index (χ0) is 19.5. The minimum Gasteiger partial charge on any atom is -0.471 e. The summed E-state index contributed by atoms with van der Waals surface area (Å²) < 4.78 is 13.3. The second-order valence-corrected chi connectivity index (χ2v) is 6.31. The van der Waals surface area contributed by atoms with E-state index in [1.807, 2.05) is 30.3 Å². The zero-order valence-electron chi connectivity index (χ0n) is 14.8. The van der Waals surface area contributed by atoms with Crippen molar-refractivity contribution in [2.75, 3.05) is 12.3 Å². The molecule has 0 radical (unpaired) electrons. The average Bonchev–Trinajstić information content (AvgIpc) is 3.31. The summed E-state index contributed by atoms with van der Waals surface area (Å²) in [4.78, 5) is 15.6. The summed E-state index contributed by atoms with van der Waals surface area (Å²) in [5, 5.41) is 13.2. The van der Waals surface area contributed by atoms with E-state index in [0.717, 1.165) is 5.56 Å². The van der Waals surface area contributed by atoms with E-state index >= 15 is 0 Å². The van der Waals surface area contributed by atoms with Gasteiger partial charge in [-0.1, -0.05) is 35.4 Å². The van der Waals surface area contributed by atoms with Crippen LogP contribution < -0.4 is 10.5 Å². The number of rotatable bonds is 6. The third-order valence-corrected chi connectivity index (χ3v) is 4.52. The van der Waals surface area contributed by atoms with E-state index in [1.54, 1.807) is 10.9 Å². The highest BCUT2D eigenvalue weighted by atomic mass is 16.5. The van der Waals surface area contributed by atoms with Crippen LogP contribution in [0.4, 0.5) is 5.95 Å². The molecule has 1 aliphatic heterocycles. The van der Waals surface area contributed by atoms with Gasteiger partial charge in [0, 0.05) is 11.3 Å². The van der Waals surface area contributed by atoms with Gasteiger partial charge in [-0.05, 0) is 11.1 Å². The van der Waals surface area contributed by atoms with E-state index in [2.05, 4.69) is 25.0 Å². The summed E-state index contributed by atoms with van der Waals surface area (Å²) >= 11 is 0. The minimum absolute atomic E-state index is 0.0422. The number of nitrogens with two attached hydrogens (primary N) is 1. The summed E-state index contributed by atoms with van der Waals surface area (Å²) in [6.45, 7) is 0.0557. The molecule has 3 unspecified atom stereocenters. The summed E-state index contributed by atoms with van der Waals surface area (Å²) in [5.41, 5.74) is 16.4. The van der Waals surface area contributed by atoms with Crippen molar-refractivity contribution in [2.45, 2.75) is 31.4 Å². The predicted octanol–water partition coefficient (Wildman–Crippen LogP) is 1.95. The van der Waals surface area contributed by atoms with Crippen LogP contribution in [0, 0.1) is 0 Å². The normalized spacial score (nSPS) is 21.5. The SMILES string of the molecule is [N-]=[N+]=NC1CC(n2cnc3c(OCc4ccccc4)nc(N)nc32)OC1CO. The Labute approximate surface area is 159 Å². The number of hydrogen-bond donors (Lipinski definition) is 2. The maximum atomic E-state index is 9.46. The molecular formula is C17H18N8O3. The smallest absolute Gasteiger partial charge is 0.247 e. The summed E-state index contributed by atoms with van der Waals surface area (Å²) in [6, 6.07) is 9.18. The van der Waals surface area contributed by atoms with E-state index in [-0.39, 0.29) is 18.4 Å². The third-order valence-electron chi connectivity index (χ3n) is 4.52. The van der Waals surface area contributed by atoms with Crippen LogP contribution in [0.2, 0.25) is 0 Å². The predicted molar refractivity (Wildman–Crippen MR) is 99.1 cm³/mol. The first-order valence-electron chi connectivity index (χ1n) is 8.67. The van der Waals surface area contributed by atoms with Crippen LogP contribution in [0.3, 0.4) is 0 Å². The molecule has 0 aliphatic carbocycles. The van der Waals surface area contributed by atoms with Gasteiger partial charge in [0.1, 0.15) is 12.8 Å². The quantitative estimate of drug-likeness (QED) is 0.374. The number of ether oxygens (including phenoxy) is 2. The standard InChI is InChI=1S/C17H18N8O3/c18-17-21-15-14(16(22-17)27-8-10-4-2-1-3-5-10)20-9-25(15)13-6-11(23-24-19)12(7-26)28-13/h1-5,9,11-13,26H,6-8H2,(H2,18,21,22). The summed E-state index contributed by atoms with van der Waals surface area (Å²) in [5.74, 6) is 0.314. The molecule has 3 N–H and O–H groups in total. The Hall–Kier alpha value is -3.40. The number of aliphatic hydroxyl groups excluding tert-OH is 1. The van der Waals surface area contributed by atoms with Crippen LogP contribution in [0.25, 0.3) is 21.6 Å². The molecule has 11 nitrogen and oxygen atoms in total. The fourth-order valence-electron chi connectivity index (χ4n) is 3.18. The molecular weight excluding hydrogens is 364 g/mol. The van der Waals surface area contributed by atoms with Crippen molar-refractivity contribution in [3.05, 3.63) is 52.7 Å². The van der Waals surface area contributed by atoms with Crippen molar-refractivity contribution < 1.29 is 14.6 Å². The molecule has 2 aromatic heterocycles. The highest BCUT2D eigenvalue weighted by molar-refractivity contribution is 5.77. The first-order valence-corrected chi connectivity index (χ1v) is 8.67. The fraction of sp³-hybridized carbons (Fsp3) is 0.353. The lowest BCUT2D eigenvalue weighted by molar-refractivity contribution is -0.0232. The second-order valence-electron chi connectivity index (χ2n) is 6.31. The van der Waals surface area contributed by atoms with Gasteiger partial charge in [-0.2, -0.15) is 9.97 Å². The molecule has 11 heteroatoms. The molecule has 0 spiro atoms. The number of aliphatic hydroxyl groups is 1. The van der Waals surface area contributed by atoms with Crippen molar-refractivity contribution in [2.24, 2.45) is 5.11 Å². The number of azide groups is 1. The van der Waals surface area contributed by atoms with Crippen LogP contribution in [0.1, 0.15) is 18.2 Å². The van der Waals surface area contributed by atoms with Gasteiger partial charge in [0.25, 0.3) is 0 Å². The van der Waals surface area contributed by atoms with E-state index in [9.17, 15) is 5.11 Å². The number of anilines is 1. The number of benzene rings is 1. The summed E-state index contributed by atoms with van der Waals surface area (Å²) in [7, 11) is 0. The second kappa shape index (κ2) is 7.69. The Balaban J connectivity index is 1.63. The number of imidazole rings is 1. The van der Waals surface area contributed by atoms with Gasteiger partial charge in [0.2, 0.25) is 11.8 Å². The molecule has 144 valence electrons. The molecule has 0 bridgehead atoms. The molecule has 1 aliphatic rings. The van der Waals surface area contributed by atoms with Gasteiger partial charge in [-0.25, -0.2) is 4.98 Å². The maximum absolute atomic E-state index is 9.46. The Morgan fingerprint density at radius 3 is 2.93 bits per heavy atom. The molecule has 1 saturated heterocycles. The van der Waals surface area contributed by atoms with Crippen LogP contribution in [0.15, 0.2) is 41.8 Å².